The van der Waals surface area contributed by atoms with Crippen LogP contribution in [0.4, 0.5) is 11.5 Å². The number of carbonyl (C=O) groups excluding carboxylic acids is 3. The first-order valence-corrected chi connectivity index (χ1v) is 11.1. The number of nitrogens with zero attached hydrogens (tertiary/aromatic N) is 2. The van der Waals surface area contributed by atoms with Crippen LogP contribution in [0.15, 0.2) is 63.0 Å². The van der Waals surface area contributed by atoms with Gasteiger partial charge in [0.05, 0.1) is 23.5 Å². The zero-order valence-electron chi connectivity index (χ0n) is 18.1. The van der Waals surface area contributed by atoms with Crippen molar-refractivity contribution in [2.45, 2.75) is 11.4 Å². The van der Waals surface area contributed by atoms with E-state index >= 15 is 0 Å². The maximum atomic E-state index is 12.8. The Bertz CT molecular complexity index is 1430. The summed E-state index contributed by atoms with van der Waals surface area (Å²) in [4.78, 5) is 62.9. The summed E-state index contributed by atoms with van der Waals surface area (Å²) in [6.45, 7) is -0.696. The molecule has 0 unspecified atom stereocenters. The molecule has 34 heavy (non-hydrogen) atoms. The molecule has 0 saturated heterocycles. The van der Waals surface area contributed by atoms with E-state index in [1.54, 1.807) is 30.3 Å². The molecule has 4 rings (SSSR count). The largest absolute Gasteiger partial charge is 0.454 e. The van der Waals surface area contributed by atoms with E-state index in [2.05, 4.69) is 5.32 Å². The number of anilines is 2. The van der Waals surface area contributed by atoms with E-state index < -0.39 is 35.2 Å². The van der Waals surface area contributed by atoms with Crippen molar-refractivity contribution in [3.63, 3.8) is 0 Å². The number of Topliss-reactive ketones (excluding diaryl/α,β-unsaturated/α-hetero) is 1. The maximum absolute atomic E-state index is 12.8. The Kier molecular flexibility index (Phi) is 6.37. The fourth-order valence-electron chi connectivity index (χ4n) is 3.46. The lowest BCUT2D eigenvalue weighted by Gasteiger charge is -2.17. The van der Waals surface area contributed by atoms with Crippen LogP contribution >= 0.6 is 11.8 Å². The van der Waals surface area contributed by atoms with Crippen molar-refractivity contribution in [2.24, 2.45) is 7.05 Å². The van der Waals surface area contributed by atoms with Crippen LogP contribution in [0.25, 0.3) is 0 Å². The van der Waals surface area contributed by atoms with Gasteiger partial charge in [0, 0.05) is 11.9 Å². The van der Waals surface area contributed by atoms with Gasteiger partial charge in [-0.2, -0.15) is 0 Å². The molecule has 0 saturated carbocycles. The van der Waals surface area contributed by atoms with Gasteiger partial charge in [-0.05, 0) is 23.8 Å². The number of carbonyl (C=O) groups is 3. The number of benzene rings is 2. The third-order valence-electron chi connectivity index (χ3n) is 5.23. The summed E-state index contributed by atoms with van der Waals surface area (Å²) < 4.78 is 7.01. The lowest BCUT2D eigenvalue weighted by Crippen LogP contribution is -2.43. The monoisotopic (exact) mass is 480 g/mol. The van der Waals surface area contributed by atoms with Crippen LogP contribution in [0.5, 0.6) is 0 Å². The van der Waals surface area contributed by atoms with E-state index in [0.717, 1.165) is 19.6 Å². The lowest BCUT2D eigenvalue weighted by molar-refractivity contribution is -0.113. The van der Waals surface area contributed by atoms with Crippen molar-refractivity contribution in [3.8, 4) is 0 Å². The van der Waals surface area contributed by atoms with Crippen LogP contribution < -0.4 is 22.3 Å². The van der Waals surface area contributed by atoms with Crippen LogP contribution in [0.3, 0.4) is 0 Å². The van der Waals surface area contributed by atoms with Gasteiger partial charge >= 0.3 is 11.7 Å². The standard InChI is InChI=1S/C23H20N4O6S/c1-26-21(30)19(20(24)27(23(26)32)10-13-5-3-2-4-6-13)16(28)11-33-22(31)14-7-8-17-15(9-14)25-18(29)12-34-17/h2-9H,10-12,24H2,1H3,(H,25,29). The van der Waals surface area contributed by atoms with Gasteiger partial charge in [-0.1, -0.05) is 30.3 Å². The molecule has 2 heterocycles. The van der Waals surface area contributed by atoms with Gasteiger partial charge in [0.1, 0.15) is 11.4 Å². The zero-order valence-corrected chi connectivity index (χ0v) is 18.9. The van der Waals surface area contributed by atoms with Crippen LogP contribution in [0.1, 0.15) is 26.3 Å². The van der Waals surface area contributed by atoms with Gasteiger partial charge in [0.25, 0.3) is 5.56 Å². The van der Waals surface area contributed by atoms with Gasteiger partial charge in [-0.3, -0.25) is 23.5 Å². The van der Waals surface area contributed by atoms with Crippen molar-refractivity contribution < 1.29 is 19.1 Å². The fourth-order valence-corrected chi connectivity index (χ4v) is 4.25. The smallest absolute Gasteiger partial charge is 0.338 e. The Labute approximate surface area is 197 Å². The molecule has 0 bridgehead atoms. The van der Waals surface area contributed by atoms with Crippen molar-refractivity contribution in [2.75, 3.05) is 23.4 Å². The number of fused-ring (bicyclic) bond motifs is 1. The molecule has 11 heteroatoms. The molecule has 0 atom stereocenters. The highest BCUT2D eigenvalue weighted by molar-refractivity contribution is 8.00. The highest BCUT2D eigenvalue weighted by Gasteiger charge is 2.24. The second kappa shape index (κ2) is 9.40. The van der Waals surface area contributed by atoms with Crippen molar-refractivity contribution in [1.29, 1.82) is 0 Å². The topological polar surface area (TPSA) is 142 Å². The highest BCUT2D eigenvalue weighted by atomic mass is 32.2. The van der Waals surface area contributed by atoms with E-state index in [1.165, 1.54) is 30.9 Å². The second-order valence-corrected chi connectivity index (χ2v) is 8.54. The molecular formula is C23H20N4O6S. The van der Waals surface area contributed by atoms with Crippen LogP contribution in [0, 0.1) is 0 Å². The molecule has 0 radical (unpaired) electrons. The number of rotatable bonds is 6. The number of hydrogen-bond donors (Lipinski definition) is 2. The van der Waals surface area contributed by atoms with E-state index in [1.807, 2.05) is 6.07 Å². The number of nitrogens with one attached hydrogen (secondary N) is 1. The highest BCUT2D eigenvalue weighted by Crippen LogP contribution is 2.32. The van der Waals surface area contributed by atoms with Crippen molar-refractivity contribution in [3.05, 3.63) is 86.1 Å². The minimum Gasteiger partial charge on any atom is -0.454 e. The molecule has 2 aromatic carbocycles. The first kappa shape index (κ1) is 23.1. The summed E-state index contributed by atoms with van der Waals surface area (Å²) in [5.41, 5.74) is 5.43. The molecule has 3 N–H and O–H groups in total. The lowest BCUT2D eigenvalue weighted by atomic mass is 10.1. The number of ketones is 1. The normalized spacial score (nSPS) is 12.6. The Morgan fingerprint density at radius 1 is 1.12 bits per heavy atom. The van der Waals surface area contributed by atoms with Crippen molar-refractivity contribution in [1.82, 2.24) is 9.13 Å². The van der Waals surface area contributed by atoms with Crippen molar-refractivity contribution >= 4 is 40.9 Å². The number of nitrogens with two attached hydrogens (primary N) is 1. The second-order valence-electron chi connectivity index (χ2n) is 7.53. The first-order chi connectivity index (χ1) is 16.3. The van der Waals surface area contributed by atoms with Gasteiger partial charge in [0.2, 0.25) is 11.7 Å². The molecule has 1 aromatic heterocycles. The molecule has 1 amide bonds. The summed E-state index contributed by atoms with van der Waals surface area (Å²) in [6.07, 6.45) is 0. The molecular weight excluding hydrogens is 460 g/mol. The number of thioether (sulfide) groups is 1. The fraction of sp³-hybridized carbons (Fsp3) is 0.174. The number of hydrogen-bond acceptors (Lipinski definition) is 8. The molecule has 0 spiro atoms. The number of esters is 1. The summed E-state index contributed by atoms with van der Waals surface area (Å²) >= 11 is 1.34. The van der Waals surface area contributed by atoms with Crippen LogP contribution in [-0.2, 0) is 23.1 Å². The predicted molar refractivity (Wildman–Crippen MR) is 126 cm³/mol. The Morgan fingerprint density at radius 3 is 2.59 bits per heavy atom. The molecule has 10 nitrogen and oxygen atoms in total. The minimum absolute atomic E-state index is 0.0541. The van der Waals surface area contributed by atoms with Gasteiger partial charge < -0.3 is 15.8 Å². The number of nitrogen functional groups attached to an aromatic ring is 1. The summed E-state index contributed by atoms with van der Waals surface area (Å²) in [6, 6.07) is 13.6. The van der Waals surface area contributed by atoms with Gasteiger partial charge in [0.15, 0.2) is 6.61 Å². The molecule has 174 valence electrons. The molecule has 1 aliphatic heterocycles. The van der Waals surface area contributed by atoms with Gasteiger partial charge in [-0.15, -0.1) is 11.8 Å². The average molecular weight is 481 g/mol. The maximum Gasteiger partial charge on any atom is 0.338 e. The number of aromatic nitrogens is 2. The van der Waals surface area contributed by atoms with Crippen LogP contribution in [0.2, 0.25) is 0 Å². The summed E-state index contributed by atoms with van der Waals surface area (Å²) in [5, 5.41) is 2.67. The summed E-state index contributed by atoms with van der Waals surface area (Å²) in [7, 11) is 1.24. The Hall–Kier alpha value is -4.12. The SMILES string of the molecule is Cn1c(=O)c(C(=O)COC(=O)c2ccc3c(c2)NC(=O)CS3)c(N)n(Cc2ccccc2)c1=O. The third kappa shape index (κ3) is 4.50. The average Bonchev–Trinajstić information content (AvgIpc) is 2.84. The zero-order chi connectivity index (χ0) is 24.4. The van der Waals surface area contributed by atoms with E-state index in [9.17, 15) is 24.0 Å². The van der Waals surface area contributed by atoms with E-state index in [-0.39, 0.29) is 29.6 Å². The van der Waals surface area contributed by atoms with E-state index in [0.29, 0.717) is 5.69 Å². The third-order valence-corrected chi connectivity index (χ3v) is 6.30. The molecule has 1 aliphatic rings. The predicted octanol–water partition coefficient (Wildman–Crippen LogP) is 1.26. The Balaban J connectivity index is 1.56. The Morgan fingerprint density at radius 2 is 1.85 bits per heavy atom. The quantitative estimate of drug-likeness (QED) is 0.397. The van der Waals surface area contributed by atoms with Gasteiger partial charge in [-0.25, -0.2) is 9.59 Å². The summed E-state index contributed by atoms with van der Waals surface area (Å²) in [5.74, 6) is -1.85. The minimum atomic E-state index is -0.874. The number of amides is 1. The van der Waals surface area contributed by atoms with Crippen LogP contribution in [-0.4, -0.2) is 39.2 Å². The number of ether oxygens (including phenoxy) is 1. The molecule has 3 aromatic rings. The molecule has 0 fully saturated rings. The first-order valence-electron chi connectivity index (χ1n) is 10.2. The molecule has 0 aliphatic carbocycles. The van der Waals surface area contributed by atoms with E-state index in [4.69, 9.17) is 10.5 Å².